The summed E-state index contributed by atoms with van der Waals surface area (Å²) in [5.74, 6) is 0.793. The fourth-order valence-electron chi connectivity index (χ4n) is 2.93. The largest absolute Gasteiger partial charge is 0.458 e. The maximum absolute atomic E-state index is 14.5. The highest BCUT2D eigenvalue weighted by Gasteiger charge is 2.23. The molecule has 0 amide bonds. The maximum Gasteiger partial charge on any atom is 0.458 e. The molecule has 0 aliphatic rings. The molecule has 27 heavy (non-hydrogen) atoms. The first-order valence-electron chi connectivity index (χ1n) is 8.39. The average Bonchev–Trinajstić information content (AvgIpc) is 2.61. The van der Waals surface area contributed by atoms with Gasteiger partial charge in [-0.05, 0) is 46.7 Å². The molecule has 0 saturated heterocycles. The first kappa shape index (κ1) is 18.9. The molecule has 0 saturated carbocycles. The molecule has 3 aromatic carbocycles. The zero-order valence-electron chi connectivity index (χ0n) is 14.4. The van der Waals surface area contributed by atoms with Crippen molar-refractivity contribution in [1.29, 1.82) is 0 Å². The third-order valence-corrected chi connectivity index (χ3v) is 4.17. The molecule has 0 spiro atoms. The molecule has 0 heterocycles. The number of rotatable bonds is 3. The zero-order chi connectivity index (χ0) is 19.6. The Bertz CT molecular complexity index is 1030. The van der Waals surface area contributed by atoms with Gasteiger partial charge in [-0.1, -0.05) is 49.6 Å². The van der Waals surface area contributed by atoms with E-state index in [4.69, 9.17) is 0 Å². The molecular formula is C22H15F5. The molecular weight excluding hydrogens is 359 g/mol. The summed E-state index contributed by atoms with van der Waals surface area (Å²) in [6.45, 7) is 2.08. The van der Waals surface area contributed by atoms with Crippen molar-refractivity contribution in [2.24, 2.45) is 0 Å². The van der Waals surface area contributed by atoms with Gasteiger partial charge in [-0.25, -0.2) is 8.78 Å². The average molecular weight is 374 g/mol. The van der Waals surface area contributed by atoms with Crippen LogP contribution >= 0.6 is 0 Å². The SMILES string of the molecule is CCCc1ccc(-c2cc(F)c3c(F)c(C#CC(F)(F)F)ccc3c2)cc1. The van der Waals surface area contributed by atoms with Crippen LogP contribution in [0.15, 0.2) is 48.5 Å². The van der Waals surface area contributed by atoms with E-state index in [2.05, 4.69) is 6.92 Å². The van der Waals surface area contributed by atoms with Gasteiger partial charge in [0.2, 0.25) is 0 Å². The summed E-state index contributed by atoms with van der Waals surface area (Å²) in [7, 11) is 0. The van der Waals surface area contributed by atoms with E-state index in [0.29, 0.717) is 5.56 Å². The molecule has 3 rings (SSSR count). The maximum atomic E-state index is 14.5. The van der Waals surface area contributed by atoms with Crippen LogP contribution in [0.5, 0.6) is 0 Å². The Balaban J connectivity index is 2.06. The highest BCUT2D eigenvalue weighted by atomic mass is 19.4. The van der Waals surface area contributed by atoms with Crippen LogP contribution in [0.3, 0.4) is 0 Å². The van der Waals surface area contributed by atoms with E-state index in [0.717, 1.165) is 30.4 Å². The third kappa shape index (κ3) is 4.28. The molecule has 3 aromatic rings. The van der Waals surface area contributed by atoms with Gasteiger partial charge in [0.15, 0.2) is 0 Å². The quantitative estimate of drug-likeness (QED) is 0.356. The van der Waals surface area contributed by atoms with Crippen molar-refractivity contribution in [3.63, 3.8) is 0 Å². The van der Waals surface area contributed by atoms with Gasteiger partial charge in [-0.3, -0.25) is 0 Å². The lowest BCUT2D eigenvalue weighted by atomic mass is 9.97. The molecule has 0 aromatic heterocycles. The number of benzene rings is 3. The van der Waals surface area contributed by atoms with E-state index in [1.165, 1.54) is 17.7 Å². The Morgan fingerprint density at radius 3 is 2.22 bits per heavy atom. The summed E-state index contributed by atoms with van der Waals surface area (Å²) in [6.07, 6.45) is -2.78. The lowest BCUT2D eigenvalue weighted by Crippen LogP contribution is -2.02. The van der Waals surface area contributed by atoms with E-state index < -0.39 is 23.4 Å². The third-order valence-electron chi connectivity index (χ3n) is 4.17. The van der Waals surface area contributed by atoms with E-state index in [9.17, 15) is 22.0 Å². The predicted molar refractivity (Wildman–Crippen MR) is 96.2 cm³/mol. The number of aryl methyl sites for hydroxylation is 1. The molecule has 0 N–H and O–H groups in total. The Morgan fingerprint density at radius 2 is 1.59 bits per heavy atom. The summed E-state index contributed by atoms with van der Waals surface area (Å²) in [5, 5.41) is -0.104. The van der Waals surface area contributed by atoms with E-state index >= 15 is 0 Å². The molecule has 0 aliphatic heterocycles. The van der Waals surface area contributed by atoms with Crippen LogP contribution in [0.25, 0.3) is 21.9 Å². The lowest BCUT2D eigenvalue weighted by molar-refractivity contribution is -0.0696. The molecule has 0 nitrogen and oxygen atoms in total. The second kappa shape index (κ2) is 7.40. The number of fused-ring (bicyclic) bond motifs is 1. The molecule has 0 aliphatic carbocycles. The van der Waals surface area contributed by atoms with Gasteiger partial charge in [0, 0.05) is 5.92 Å². The summed E-state index contributed by atoms with van der Waals surface area (Å²) >= 11 is 0. The molecule has 0 fully saturated rings. The number of alkyl halides is 3. The first-order chi connectivity index (χ1) is 12.8. The van der Waals surface area contributed by atoms with Crippen LogP contribution in [-0.2, 0) is 6.42 Å². The minimum atomic E-state index is -4.74. The van der Waals surface area contributed by atoms with E-state index in [1.54, 1.807) is 12.0 Å². The van der Waals surface area contributed by atoms with E-state index in [1.807, 2.05) is 24.3 Å². The Labute approximate surface area is 153 Å². The molecule has 0 radical (unpaired) electrons. The van der Waals surface area contributed by atoms with Crippen molar-refractivity contribution < 1.29 is 22.0 Å². The van der Waals surface area contributed by atoms with Crippen molar-refractivity contribution in [3.8, 4) is 23.0 Å². The molecule has 0 bridgehead atoms. The molecule has 138 valence electrons. The van der Waals surface area contributed by atoms with Gasteiger partial charge in [0.05, 0.1) is 10.9 Å². The number of hydrogen-bond donors (Lipinski definition) is 0. The van der Waals surface area contributed by atoms with E-state index in [-0.39, 0.29) is 10.8 Å². The Hall–Kier alpha value is -2.87. The number of hydrogen-bond acceptors (Lipinski definition) is 0. The van der Waals surface area contributed by atoms with Gasteiger partial charge in [0.25, 0.3) is 0 Å². The monoisotopic (exact) mass is 374 g/mol. The summed E-state index contributed by atoms with van der Waals surface area (Å²) in [5.41, 5.74) is 2.02. The van der Waals surface area contributed by atoms with Crippen LogP contribution in [0, 0.1) is 23.5 Å². The molecule has 0 atom stereocenters. The van der Waals surface area contributed by atoms with Crippen molar-refractivity contribution in [2.75, 3.05) is 0 Å². The topological polar surface area (TPSA) is 0 Å². The van der Waals surface area contributed by atoms with Gasteiger partial charge in [-0.15, -0.1) is 0 Å². The van der Waals surface area contributed by atoms with Crippen LogP contribution in [0.2, 0.25) is 0 Å². The summed E-state index contributed by atoms with van der Waals surface area (Å²) < 4.78 is 65.6. The van der Waals surface area contributed by atoms with Crippen LogP contribution < -0.4 is 0 Å². The number of halogens is 5. The van der Waals surface area contributed by atoms with Gasteiger partial charge in [0.1, 0.15) is 11.6 Å². The van der Waals surface area contributed by atoms with Crippen molar-refractivity contribution in [1.82, 2.24) is 0 Å². The van der Waals surface area contributed by atoms with Gasteiger partial charge < -0.3 is 0 Å². The fourth-order valence-corrected chi connectivity index (χ4v) is 2.93. The Kier molecular flexibility index (Phi) is 5.18. The lowest BCUT2D eigenvalue weighted by Gasteiger charge is -2.09. The second-order valence-electron chi connectivity index (χ2n) is 6.18. The van der Waals surface area contributed by atoms with Gasteiger partial charge in [-0.2, -0.15) is 13.2 Å². The standard InChI is InChI=1S/C22H15F5/c1-2-3-14-4-6-15(7-5-14)18-12-17-9-8-16(10-11-22(25,26)27)21(24)20(17)19(23)13-18/h4-9,12-13H,2-3H2,1H3. The second-order valence-corrected chi connectivity index (χ2v) is 6.18. The predicted octanol–water partition coefficient (Wildman–Crippen LogP) is 6.65. The zero-order valence-corrected chi connectivity index (χ0v) is 14.4. The summed E-state index contributed by atoms with van der Waals surface area (Å²) in [6, 6.07) is 12.9. The van der Waals surface area contributed by atoms with Crippen molar-refractivity contribution in [2.45, 2.75) is 25.9 Å². The summed E-state index contributed by atoms with van der Waals surface area (Å²) in [4.78, 5) is 0. The van der Waals surface area contributed by atoms with Crippen LogP contribution in [-0.4, -0.2) is 6.18 Å². The molecule has 5 heteroatoms. The van der Waals surface area contributed by atoms with Crippen molar-refractivity contribution in [3.05, 3.63) is 71.3 Å². The van der Waals surface area contributed by atoms with Gasteiger partial charge >= 0.3 is 6.18 Å². The first-order valence-corrected chi connectivity index (χ1v) is 8.39. The molecule has 0 unspecified atom stereocenters. The normalized spacial score (nSPS) is 11.3. The van der Waals surface area contributed by atoms with Crippen LogP contribution in [0.4, 0.5) is 22.0 Å². The van der Waals surface area contributed by atoms with Crippen LogP contribution in [0.1, 0.15) is 24.5 Å². The Morgan fingerprint density at radius 1 is 0.889 bits per heavy atom. The minimum absolute atomic E-state index is 0.262. The smallest absolute Gasteiger partial charge is 0.206 e. The van der Waals surface area contributed by atoms with Crippen molar-refractivity contribution >= 4 is 10.8 Å². The highest BCUT2D eigenvalue weighted by Crippen LogP contribution is 2.30. The highest BCUT2D eigenvalue weighted by molar-refractivity contribution is 5.89. The fraction of sp³-hybridized carbons (Fsp3) is 0.182. The minimum Gasteiger partial charge on any atom is -0.206 e.